The average molecular weight is 390 g/mol. The molecule has 0 aromatic heterocycles. The molecule has 2 aromatic carbocycles. The fourth-order valence-corrected chi connectivity index (χ4v) is 2.72. The number of benzene rings is 2. The maximum absolute atomic E-state index is 12.0. The lowest BCUT2D eigenvalue weighted by molar-refractivity contribution is -0.118. The Bertz CT molecular complexity index is 726. The molecule has 0 bridgehead atoms. The third-order valence-corrected chi connectivity index (χ3v) is 4.11. The molecule has 5 heteroatoms. The van der Waals surface area contributed by atoms with Gasteiger partial charge in [0.05, 0.1) is 5.69 Å². The first-order valence-corrected chi connectivity index (χ1v) is 8.50. The van der Waals surface area contributed by atoms with Crippen LogP contribution in [0.1, 0.15) is 24.5 Å². The van der Waals surface area contributed by atoms with E-state index >= 15 is 0 Å². The van der Waals surface area contributed by atoms with Crippen molar-refractivity contribution in [3.63, 3.8) is 0 Å². The summed E-state index contributed by atoms with van der Waals surface area (Å²) in [6.45, 7) is 3.51. The summed E-state index contributed by atoms with van der Waals surface area (Å²) in [6, 6.07) is 13.2. The molecule has 0 saturated heterocycles. The van der Waals surface area contributed by atoms with Crippen LogP contribution in [0.25, 0.3) is 0 Å². The normalized spacial score (nSPS) is 10.3. The van der Waals surface area contributed by atoms with E-state index in [4.69, 9.17) is 4.74 Å². The third kappa shape index (κ3) is 5.81. The topological polar surface area (TPSA) is 55.4 Å². The van der Waals surface area contributed by atoms with E-state index in [9.17, 15) is 9.59 Å². The van der Waals surface area contributed by atoms with Gasteiger partial charge in [-0.15, -0.1) is 0 Å². The minimum Gasteiger partial charge on any atom is -0.484 e. The molecule has 0 unspecified atom stereocenters. The second-order valence-corrected chi connectivity index (χ2v) is 6.52. The molecular formula is C19H20BrNO3. The maximum Gasteiger partial charge on any atom is 0.262 e. The van der Waals surface area contributed by atoms with Gasteiger partial charge in [-0.2, -0.15) is 0 Å². The van der Waals surface area contributed by atoms with Gasteiger partial charge in [-0.1, -0.05) is 18.2 Å². The molecule has 126 valence electrons. The standard InChI is InChI=1S/C19H20BrNO3/c1-13-3-10-18(17(20)11-13)21-19(23)12-24-16-8-6-15(7-9-16)5-4-14(2)22/h3,6-11H,4-5,12H2,1-2H3,(H,21,23). The highest BCUT2D eigenvalue weighted by molar-refractivity contribution is 9.10. The van der Waals surface area contributed by atoms with Gasteiger partial charge in [0.25, 0.3) is 5.91 Å². The Morgan fingerprint density at radius 1 is 1.12 bits per heavy atom. The largest absolute Gasteiger partial charge is 0.484 e. The van der Waals surface area contributed by atoms with Crippen LogP contribution in [0.15, 0.2) is 46.9 Å². The molecule has 24 heavy (non-hydrogen) atoms. The summed E-state index contributed by atoms with van der Waals surface area (Å²) in [5.74, 6) is 0.578. The molecular weight excluding hydrogens is 370 g/mol. The Balaban J connectivity index is 1.84. The molecule has 1 amide bonds. The number of ketones is 1. The van der Waals surface area contributed by atoms with E-state index in [-0.39, 0.29) is 18.3 Å². The van der Waals surface area contributed by atoms with Crippen LogP contribution >= 0.6 is 15.9 Å². The summed E-state index contributed by atoms with van der Waals surface area (Å²) < 4.78 is 6.33. The van der Waals surface area contributed by atoms with Crippen molar-refractivity contribution in [2.75, 3.05) is 11.9 Å². The molecule has 2 rings (SSSR count). The molecule has 0 heterocycles. The highest BCUT2D eigenvalue weighted by Crippen LogP contribution is 2.23. The van der Waals surface area contributed by atoms with E-state index in [1.807, 2.05) is 49.4 Å². The van der Waals surface area contributed by atoms with Crippen LogP contribution in [-0.2, 0) is 16.0 Å². The van der Waals surface area contributed by atoms with Crippen molar-refractivity contribution < 1.29 is 14.3 Å². The number of aryl methyl sites for hydroxylation is 2. The molecule has 0 aliphatic rings. The van der Waals surface area contributed by atoms with Gasteiger partial charge in [0.1, 0.15) is 11.5 Å². The fraction of sp³-hybridized carbons (Fsp3) is 0.263. The molecule has 0 spiro atoms. The predicted octanol–water partition coefficient (Wildman–Crippen LogP) is 4.30. The summed E-state index contributed by atoms with van der Waals surface area (Å²) in [5.41, 5.74) is 2.90. The minimum absolute atomic E-state index is 0.0624. The first-order valence-electron chi connectivity index (χ1n) is 7.71. The summed E-state index contributed by atoms with van der Waals surface area (Å²) in [7, 11) is 0. The first-order chi connectivity index (χ1) is 11.4. The average Bonchev–Trinajstić information content (AvgIpc) is 2.54. The van der Waals surface area contributed by atoms with Crippen molar-refractivity contribution in [3.8, 4) is 5.75 Å². The smallest absolute Gasteiger partial charge is 0.262 e. The summed E-state index contributed by atoms with van der Waals surface area (Å²) >= 11 is 3.42. The molecule has 1 N–H and O–H groups in total. The molecule has 0 fully saturated rings. The van der Waals surface area contributed by atoms with E-state index in [0.717, 1.165) is 22.0 Å². The van der Waals surface area contributed by atoms with E-state index < -0.39 is 0 Å². The van der Waals surface area contributed by atoms with Crippen LogP contribution in [0, 0.1) is 6.92 Å². The number of hydrogen-bond donors (Lipinski definition) is 1. The molecule has 0 aliphatic heterocycles. The van der Waals surface area contributed by atoms with Crippen LogP contribution in [0.5, 0.6) is 5.75 Å². The Labute approximate surface area is 150 Å². The molecule has 0 radical (unpaired) electrons. The number of rotatable bonds is 7. The van der Waals surface area contributed by atoms with Crippen LogP contribution in [0.3, 0.4) is 0 Å². The fourth-order valence-electron chi connectivity index (χ4n) is 2.13. The summed E-state index contributed by atoms with van der Waals surface area (Å²) in [4.78, 5) is 23.0. The van der Waals surface area contributed by atoms with Crippen molar-refractivity contribution in [1.29, 1.82) is 0 Å². The quantitative estimate of drug-likeness (QED) is 0.767. The number of anilines is 1. The van der Waals surface area contributed by atoms with Gasteiger partial charge >= 0.3 is 0 Å². The molecule has 0 aliphatic carbocycles. The monoisotopic (exact) mass is 389 g/mol. The van der Waals surface area contributed by atoms with Crippen LogP contribution in [0.2, 0.25) is 0 Å². The first kappa shape index (κ1) is 18.2. The number of carbonyl (C=O) groups is 2. The van der Waals surface area contributed by atoms with Gasteiger partial charge in [0.2, 0.25) is 0 Å². The Hall–Kier alpha value is -2.14. The van der Waals surface area contributed by atoms with E-state index in [2.05, 4.69) is 21.2 Å². The second-order valence-electron chi connectivity index (χ2n) is 5.67. The third-order valence-electron chi connectivity index (χ3n) is 3.46. The van der Waals surface area contributed by atoms with E-state index in [1.54, 1.807) is 6.92 Å². The number of hydrogen-bond acceptors (Lipinski definition) is 3. The zero-order valence-electron chi connectivity index (χ0n) is 13.8. The van der Waals surface area contributed by atoms with Gasteiger partial charge in [-0.05, 0) is 71.6 Å². The van der Waals surface area contributed by atoms with Gasteiger partial charge < -0.3 is 14.8 Å². The van der Waals surface area contributed by atoms with Crippen molar-refractivity contribution in [2.45, 2.75) is 26.7 Å². The lowest BCUT2D eigenvalue weighted by atomic mass is 10.1. The highest BCUT2D eigenvalue weighted by Gasteiger charge is 2.07. The predicted molar refractivity (Wildman–Crippen MR) is 98.4 cm³/mol. The number of nitrogens with one attached hydrogen (secondary N) is 1. The van der Waals surface area contributed by atoms with Crippen LogP contribution in [-0.4, -0.2) is 18.3 Å². The highest BCUT2D eigenvalue weighted by atomic mass is 79.9. The zero-order chi connectivity index (χ0) is 17.5. The molecule has 0 atom stereocenters. The number of halogens is 1. The SMILES string of the molecule is CC(=O)CCc1ccc(OCC(=O)Nc2ccc(C)cc2Br)cc1. The number of carbonyl (C=O) groups excluding carboxylic acids is 2. The lowest BCUT2D eigenvalue weighted by Gasteiger charge is -2.10. The van der Waals surface area contributed by atoms with Gasteiger partial charge in [0, 0.05) is 10.9 Å². The Kier molecular flexibility index (Phi) is 6.55. The van der Waals surface area contributed by atoms with Crippen molar-refractivity contribution in [2.24, 2.45) is 0 Å². The Morgan fingerprint density at radius 2 is 1.83 bits per heavy atom. The summed E-state index contributed by atoms with van der Waals surface area (Å²) in [5, 5.41) is 2.80. The van der Waals surface area contributed by atoms with E-state index in [1.165, 1.54) is 0 Å². The number of Topliss-reactive ketones (excluding diaryl/α,β-unsaturated/α-hetero) is 1. The van der Waals surface area contributed by atoms with Crippen molar-refractivity contribution in [1.82, 2.24) is 0 Å². The zero-order valence-corrected chi connectivity index (χ0v) is 15.4. The maximum atomic E-state index is 12.0. The number of ether oxygens (including phenoxy) is 1. The Morgan fingerprint density at radius 3 is 2.46 bits per heavy atom. The van der Waals surface area contributed by atoms with E-state index in [0.29, 0.717) is 17.9 Å². The number of amides is 1. The molecule has 4 nitrogen and oxygen atoms in total. The van der Waals surface area contributed by atoms with Gasteiger partial charge in [0.15, 0.2) is 6.61 Å². The van der Waals surface area contributed by atoms with Crippen LogP contribution < -0.4 is 10.1 Å². The van der Waals surface area contributed by atoms with Gasteiger partial charge in [-0.3, -0.25) is 4.79 Å². The lowest BCUT2D eigenvalue weighted by Crippen LogP contribution is -2.20. The van der Waals surface area contributed by atoms with Gasteiger partial charge in [-0.25, -0.2) is 0 Å². The van der Waals surface area contributed by atoms with Crippen LogP contribution in [0.4, 0.5) is 5.69 Å². The minimum atomic E-state index is -0.222. The van der Waals surface area contributed by atoms with Crippen molar-refractivity contribution >= 4 is 33.3 Å². The van der Waals surface area contributed by atoms with Crippen molar-refractivity contribution in [3.05, 3.63) is 58.1 Å². The summed E-state index contributed by atoms with van der Waals surface area (Å²) in [6.07, 6.45) is 1.26. The molecule has 0 saturated carbocycles. The second kappa shape index (κ2) is 8.64. The molecule has 2 aromatic rings.